The molecular formula is C9H13N3O3S. The lowest BCUT2D eigenvalue weighted by molar-refractivity contribution is -0.140. The van der Waals surface area contributed by atoms with Gasteiger partial charge in [-0.15, -0.1) is 0 Å². The molecule has 0 aliphatic carbocycles. The third-order valence-electron chi connectivity index (χ3n) is 1.56. The molecule has 0 saturated carbocycles. The maximum atomic E-state index is 11.0. The molecular weight excluding hydrogens is 230 g/mol. The Hall–Kier alpha value is -1.50. The summed E-state index contributed by atoms with van der Waals surface area (Å²) in [5, 5.41) is 3.30. The molecule has 0 spiro atoms. The average Bonchev–Trinajstić information content (AvgIpc) is 2.62. The fourth-order valence-corrected chi connectivity index (χ4v) is 1.56. The summed E-state index contributed by atoms with van der Waals surface area (Å²) in [6, 6.07) is 0. The van der Waals surface area contributed by atoms with E-state index < -0.39 is 0 Å². The summed E-state index contributed by atoms with van der Waals surface area (Å²) in [4.78, 5) is 25.9. The Morgan fingerprint density at radius 2 is 2.25 bits per heavy atom. The Balaban J connectivity index is 2.40. The van der Waals surface area contributed by atoms with Gasteiger partial charge < -0.3 is 10.1 Å². The number of carbonyl (C=O) groups excluding carboxylic acids is 2. The van der Waals surface area contributed by atoms with Gasteiger partial charge in [-0.3, -0.25) is 9.59 Å². The number of hydrogen-bond donors (Lipinski definition) is 1. The van der Waals surface area contributed by atoms with Crippen LogP contribution in [0.15, 0.2) is 0 Å². The van der Waals surface area contributed by atoms with Crippen LogP contribution >= 0.6 is 11.5 Å². The lowest BCUT2D eigenvalue weighted by Gasteiger charge is -2.01. The number of carbonyl (C=O) groups is 2. The number of ketones is 1. The van der Waals surface area contributed by atoms with Crippen LogP contribution in [-0.2, 0) is 20.7 Å². The molecule has 88 valence electrons. The molecule has 0 unspecified atom stereocenters. The third-order valence-corrected chi connectivity index (χ3v) is 2.28. The highest BCUT2D eigenvalue weighted by Crippen LogP contribution is 2.10. The molecule has 1 aromatic heterocycles. The number of anilines is 1. The molecule has 1 rings (SSSR count). The number of rotatable bonds is 6. The largest absolute Gasteiger partial charge is 0.465 e. The van der Waals surface area contributed by atoms with E-state index in [1.807, 2.05) is 0 Å². The molecule has 16 heavy (non-hydrogen) atoms. The van der Waals surface area contributed by atoms with Gasteiger partial charge in [0, 0.05) is 11.5 Å². The first-order chi connectivity index (χ1) is 7.61. The van der Waals surface area contributed by atoms with Crippen LogP contribution in [-0.4, -0.2) is 34.3 Å². The van der Waals surface area contributed by atoms with Gasteiger partial charge in [-0.05, 0) is 13.8 Å². The van der Waals surface area contributed by atoms with Gasteiger partial charge in [-0.25, -0.2) is 4.98 Å². The van der Waals surface area contributed by atoms with Crippen LogP contribution in [0.2, 0.25) is 0 Å². The highest BCUT2D eigenvalue weighted by atomic mass is 32.1. The van der Waals surface area contributed by atoms with Crippen molar-refractivity contribution in [3.8, 4) is 0 Å². The molecule has 1 heterocycles. The fraction of sp³-hybridized carbons (Fsp3) is 0.556. The van der Waals surface area contributed by atoms with Crippen molar-refractivity contribution >= 4 is 28.4 Å². The van der Waals surface area contributed by atoms with E-state index in [1.165, 1.54) is 6.92 Å². The fourth-order valence-electron chi connectivity index (χ4n) is 0.980. The van der Waals surface area contributed by atoms with E-state index in [-0.39, 0.29) is 24.7 Å². The topological polar surface area (TPSA) is 81.2 Å². The average molecular weight is 243 g/mol. The van der Waals surface area contributed by atoms with Gasteiger partial charge in [0.05, 0.1) is 13.0 Å². The molecule has 0 aromatic carbocycles. The summed E-state index contributed by atoms with van der Waals surface area (Å²) in [5.74, 6) is 0.143. The summed E-state index contributed by atoms with van der Waals surface area (Å²) in [6.07, 6.45) is 0.220. The first-order valence-corrected chi connectivity index (χ1v) is 5.60. The normalized spacial score (nSPS) is 9.88. The molecule has 6 nitrogen and oxygen atoms in total. The number of esters is 1. The van der Waals surface area contributed by atoms with Gasteiger partial charge in [0.1, 0.15) is 12.3 Å². The van der Waals surface area contributed by atoms with Gasteiger partial charge in [0.2, 0.25) is 5.13 Å². The van der Waals surface area contributed by atoms with Crippen LogP contribution in [0.4, 0.5) is 5.13 Å². The van der Waals surface area contributed by atoms with E-state index in [0.717, 1.165) is 11.5 Å². The number of nitrogens with one attached hydrogen (secondary N) is 1. The van der Waals surface area contributed by atoms with Crippen LogP contribution in [0.3, 0.4) is 0 Å². The maximum Gasteiger partial charge on any atom is 0.325 e. The molecule has 0 aliphatic rings. The second kappa shape index (κ2) is 6.16. The monoisotopic (exact) mass is 243 g/mol. The molecule has 0 aliphatic heterocycles. The summed E-state index contributed by atoms with van der Waals surface area (Å²) in [6.45, 7) is 3.63. The van der Waals surface area contributed by atoms with Gasteiger partial charge in [0.15, 0.2) is 5.82 Å². The van der Waals surface area contributed by atoms with Gasteiger partial charge in [-0.1, -0.05) is 0 Å². The zero-order chi connectivity index (χ0) is 12.0. The minimum absolute atomic E-state index is 0.00902. The van der Waals surface area contributed by atoms with Crippen LogP contribution < -0.4 is 5.32 Å². The highest BCUT2D eigenvalue weighted by molar-refractivity contribution is 7.09. The lowest BCUT2D eigenvalue weighted by Crippen LogP contribution is -2.16. The molecule has 0 fully saturated rings. The summed E-state index contributed by atoms with van der Waals surface area (Å²) in [5.41, 5.74) is 0. The zero-order valence-electron chi connectivity index (χ0n) is 9.15. The van der Waals surface area contributed by atoms with Crippen molar-refractivity contribution in [2.75, 3.05) is 18.5 Å². The second-order valence-electron chi connectivity index (χ2n) is 3.05. The molecule has 7 heteroatoms. The number of ether oxygens (including phenoxy) is 1. The van der Waals surface area contributed by atoms with E-state index in [0.29, 0.717) is 17.6 Å². The molecule has 1 N–H and O–H groups in total. The standard InChI is InChI=1S/C9H13N3O3S/c1-3-15-8(14)5-10-9-11-7(12-16-9)4-6(2)13/h3-5H2,1-2H3,(H,10,11,12). The van der Waals surface area contributed by atoms with E-state index in [1.54, 1.807) is 6.92 Å². The van der Waals surface area contributed by atoms with Crippen molar-refractivity contribution in [3.05, 3.63) is 5.82 Å². The number of aromatic nitrogens is 2. The van der Waals surface area contributed by atoms with Crippen molar-refractivity contribution < 1.29 is 14.3 Å². The van der Waals surface area contributed by atoms with Crippen molar-refractivity contribution in [1.29, 1.82) is 0 Å². The minimum Gasteiger partial charge on any atom is -0.465 e. The Bertz CT molecular complexity index is 378. The van der Waals surface area contributed by atoms with Gasteiger partial charge >= 0.3 is 5.97 Å². The molecule has 0 radical (unpaired) electrons. The summed E-state index contributed by atoms with van der Waals surface area (Å²) in [7, 11) is 0. The zero-order valence-corrected chi connectivity index (χ0v) is 9.97. The van der Waals surface area contributed by atoms with E-state index in [4.69, 9.17) is 4.74 Å². The van der Waals surface area contributed by atoms with E-state index in [2.05, 4.69) is 14.7 Å². The smallest absolute Gasteiger partial charge is 0.325 e. The van der Waals surface area contributed by atoms with E-state index in [9.17, 15) is 9.59 Å². The Morgan fingerprint density at radius 3 is 2.88 bits per heavy atom. The Kier molecular flexibility index (Phi) is 4.84. The highest BCUT2D eigenvalue weighted by Gasteiger charge is 2.07. The summed E-state index contributed by atoms with van der Waals surface area (Å²) >= 11 is 1.12. The third kappa shape index (κ3) is 4.35. The molecule has 0 saturated heterocycles. The van der Waals surface area contributed by atoms with Gasteiger partial charge in [-0.2, -0.15) is 4.37 Å². The van der Waals surface area contributed by atoms with Crippen LogP contribution in [0.1, 0.15) is 19.7 Å². The van der Waals surface area contributed by atoms with Crippen molar-refractivity contribution in [2.24, 2.45) is 0 Å². The predicted octanol–water partition coefficient (Wildman–Crippen LogP) is 0.645. The first kappa shape index (κ1) is 12.6. The van der Waals surface area contributed by atoms with Crippen molar-refractivity contribution in [2.45, 2.75) is 20.3 Å². The van der Waals surface area contributed by atoms with Crippen LogP contribution in [0.5, 0.6) is 0 Å². The quantitative estimate of drug-likeness (QED) is 0.739. The first-order valence-electron chi connectivity index (χ1n) is 4.83. The molecule has 0 atom stereocenters. The molecule has 0 bridgehead atoms. The van der Waals surface area contributed by atoms with Crippen molar-refractivity contribution in [3.63, 3.8) is 0 Å². The van der Waals surface area contributed by atoms with E-state index >= 15 is 0 Å². The minimum atomic E-state index is -0.342. The Morgan fingerprint density at radius 1 is 1.50 bits per heavy atom. The van der Waals surface area contributed by atoms with Crippen molar-refractivity contribution in [1.82, 2.24) is 9.36 Å². The molecule has 0 amide bonds. The van der Waals surface area contributed by atoms with Crippen LogP contribution in [0, 0.1) is 0 Å². The lowest BCUT2D eigenvalue weighted by atomic mass is 10.3. The summed E-state index contributed by atoms with van der Waals surface area (Å²) < 4.78 is 8.71. The number of hydrogen-bond acceptors (Lipinski definition) is 7. The predicted molar refractivity (Wildman–Crippen MR) is 59.4 cm³/mol. The number of Topliss-reactive ketones (excluding diaryl/α,β-unsaturated/α-hetero) is 1. The van der Waals surface area contributed by atoms with Gasteiger partial charge in [0.25, 0.3) is 0 Å². The SMILES string of the molecule is CCOC(=O)CNc1nc(CC(C)=O)ns1. The number of nitrogens with zero attached hydrogens (tertiary/aromatic N) is 2. The molecule has 1 aromatic rings. The Labute approximate surface area is 97.2 Å². The second-order valence-corrected chi connectivity index (χ2v) is 3.80. The maximum absolute atomic E-state index is 11.0. The van der Waals surface area contributed by atoms with Crippen LogP contribution in [0.25, 0.3) is 0 Å².